The Morgan fingerprint density at radius 1 is 1.00 bits per heavy atom. The molecule has 0 saturated heterocycles. The zero-order valence-electron chi connectivity index (χ0n) is 17.5. The molecule has 0 aromatic heterocycles. The second kappa shape index (κ2) is 9.71. The third-order valence-electron chi connectivity index (χ3n) is 5.73. The number of methoxy groups -OCH3 is 1. The molecule has 2 rings (SSSR count). The SMILES string of the molecule is CCC(C)CC(CC(C)C(=O)OC)(c1ccccc1)c1ccc(P(=O)(O)O)cc1. The Morgan fingerprint density at radius 3 is 2.03 bits per heavy atom. The van der Waals surface area contributed by atoms with Crippen molar-refractivity contribution in [2.75, 3.05) is 7.11 Å². The zero-order chi connectivity index (χ0) is 21.7. The summed E-state index contributed by atoms with van der Waals surface area (Å²) < 4.78 is 16.6. The molecule has 0 fully saturated rings. The molecule has 29 heavy (non-hydrogen) atoms. The van der Waals surface area contributed by atoms with Gasteiger partial charge >= 0.3 is 13.6 Å². The minimum atomic E-state index is -4.32. The van der Waals surface area contributed by atoms with E-state index in [1.807, 2.05) is 25.1 Å². The molecule has 158 valence electrons. The summed E-state index contributed by atoms with van der Waals surface area (Å²) in [5, 5.41) is -0.00670. The standard InChI is InChI=1S/C23H31O5P/c1-5-17(2)15-23(16-18(3)22(24)28-4,19-9-7-6-8-10-19)20-11-13-21(14-12-20)29(25,26)27/h6-14,17-18H,5,15-16H2,1-4H3,(H2,25,26,27). The number of ether oxygens (including phenoxy) is 1. The van der Waals surface area contributed by atoms with Gasteiger partial charge in [0.2, 0.25) is 0 Å². The number of esters is 1. The molecule has 0 radical (unpaired) electrons. The summed E-state index contributed by atoms with van der Waals surface area (Å²) in [6.07, 6.45) is 2.34. The maximum atomic E-state index is 12.3. The first-order valence-electron chi connectivity index (χ1n) is 9.94. The van der Waals surface area contributed by atoms with Gasteiger partial charge < -0.3 is 14.5 Å². The van der Waals surface area contributed by atoms with Crippen LogP contribution in [0.2, 0.25) is 0 Å². The number of rotatable bonds is 9. The van der Waals surface area contributed by atoms with E-state index >= 15 is 0 Å². The molecule has 0 bridgehead atoms. The molecule has 5 nitrogen and oxygen atoms in total. The summed E-state index contributed by atoms with van der Waals surface area (Å²) in [5.74, 6) is -0.200. The Hall–Kier alpha value is -1.94. The Morgan fingerprint density at radius 2 is 1.55 bits per heavy atom. The highest BCUT2D eigenvalue weighted by Gasteiger charge is 2.38. The molecular formula is C23H31O5P. The van der Waals surface area contributed by atoms with Gasteiger partial charge in [0.25, 0.3) is 0 Å². The summed E-state index contributed by atoms with van der Waals surface area (Å²) in [4.78, 5) is 31.2. The number of hydrogen-bond donors (Lipinski definition) is 2. The van der Waals surface area contributed by atoms with Crippen molar-refractivity contribution in [1.29, 1.82) is 0 Å². The quantitative estimate of drug-likeness (QED) is 0.466. The maximum absolute atomic E-state index is 12.3. The van der Waals surface area contributed by atoms with Crippen molar-refractivity contribution in [2.24, 2.45) is 11.8 Å². The van der Waals surface area contributed by atoms with Crippen LogP contribution in [0.5, 0.6) is 0 Å². The molecule has 0 aliphatic heterocycles. The van der Waals surface area contributed by atoms with Crippen molar-refractivity contribution in [3.63, 3.8) is 0 Å². The van der Waals surface area contributed by atoms with E-state index in [0.29, 0.717) is 12.3 Å². The number of carbonyl (C=O) groups is 1. The Bertz CT molecular complexity index is 843. The van der Waals surface area contributed by atoms with Crippen LogP contribution in [0.25, 0.3) is 0 Å². The van der Waals surface area contributed by atoms with Crippen molar-refractivity contribution in [1.82, 2.24) is 0 Å². The van der Waals surface area contributed by atoms with Gasteiger partial charge in [0.1, 0.15) is 0 Å². The molecule has 3 unspecified atom stereocenters. The molecule has 2 aromatic carbocycles. The van der Waals surface area contributed by atoms with E-state index in [9.17, 15) is 19.1 Å². The summed E-state index contributed by atoms with van der Waals surface area (Å²) in [6, 6.07) is 16.6. The van der Waals surface area contributed by atoms with Crippen LogP contribution in [0, 0.1) is 11.8 Å². The van der Waals surface area contributed by atoms with Crippen LogP contribution in [0.1, 0.15) is 51.2 Å². The molecule has 0 amide bonds. The smallest absolute Gasteiger partial charge is 0.356 e. The van der Waals surface area contributed by atoms with E-state index in [2.05, 4.69) is 26.0 Å². The minimum Gasteiger partial charge on any atom is -0.469 e. The lowest BCUT2D eigenvalue weighted by Gasteiger charge is -2.39. The van der Waals surface area contributed by atoms with Gasteiger partial charge in [-0.25, -0.2) is 0 Å². The van der Waals surface area contributed by atoms with E-state index in [-0.39, 0.29) is 17.2 Å². The number of carbonyl (C=O) groups excluding carboxylic acids is 1. The van der Waals surface area contributed by atoms with E-state index in [0.717, 1.165) is 24.0 Å². The fraction of sp³-hybridized carbons (Fsp3) is 0.435. The topological polar surface area (TPSA) is 83.8 Å². The molecule has 6 heteroatoms. The highest BCUT2D eigenvalue weighted by atomic mass is 31.2. The predicted molar refractivity (Wildman–Crippen MR) is 115 cm³/mol. The van der Waals surface area contributed by atoms with E-state index in [1.165, 1.54) is 19.2 Å². The molecule has 0 aliphatic rings. The Balaban J connectivity index is 2.66. The summed E-state index contributed by atoms with van der Waals surface area (Å²) >= 11 is 0. The molecule has 0 heterocycles. The molecule has 2 aromatic rings. The molecule has 3 atom stereocenters. The van der Waals surface area contributed by atoms with Crippen molar-refractivity contribution < 1.29 is 23.9 Å². The zero-order valence-corrected chi connectivity index (χ0v) is 18.4. The summed E-state index contributed by atoms with van der Waals surface area (Å²) in [6.45, 7) is 6.19. The van der Waals surface area contributed by atoms with Crippen molar-refractivity contribution in [3.8, 4) is 0 Å². The van der Waals surface area contributed by atoms with Gasteiger partial charge in [0, 0.05) is 5.41 Å². The lowest BCUT2D eigenvalue weighted by Crippen LogP contribution is -2.34. The van der Waals surface area contributed by atoms with Crippen LogP contribution in [-0.4, -0.2) is 22.9 Å². The first-order chi connectivity index (χ1) is 13.6. The van der Waals surface area contributed by atoms with Gasteiger partial charge in [0.05, 0.1) is 18.3 Å². The lowest BCUT2D eigenvalue weighted by molar-refractivity contribution is -0.145. The van der Waals surface area contributed by atoms with Crippen molar-refractivity contribution in [2.45, 2.75) is 45.4 Å². The molecule has 0 spiro atoms. The van der Waals surface area contributed by atoms with Gasteiger partial charge in [-0.05, 0) is 42.0 Å². The fourth-order valence-corrected chi connectivity index (χ4v) is 4.54. The molecular weight excluding hydrogens is 387 g/mol. The van der Waals surface area contributed by atoms with Gasteiger partial charge in [-0.2, -0.15) is 0 Å². The number of benzene rings is 2. The summed E-state index contributed by atoms with van der Waals surface area (Å²) in [5.41, 5.74) is 1.55. The van der Waals surface area contributed by atoms with Crippen molar-refractivity contribution in [3.05, 3.63) is 65.7 Å². The molecule has 0 saturated carbocycles. The first-order valence-corrected chi connectivity index (χ1v) is 11.5. The van der Waals surface area contributed by atoms with Crippen LogP contribution in [0.3, 0.4) is 0 Å². The maximum Gasteiger partial charge on any atom is 0.356 e. The largest absolute Gasteiger partial charge is 0.469 e. The van der Waals surface area contributed by atoms with Gasteiger partial charge in [-0.1, -0.05) is 69.7 Å². The molecule has 0 aliphatic carbocycles. The van der Waals surface area contributed by atoms with Crippen LogP contribution < -0.4 is 5.30 Å². The third-order valence-corrected chi connectivity index (χ3v) is 6.71. The first kappa shape index (κ1) is 23.3. The third kappa shape index (κ3) is 5.57. The van der Waals surface area contributed by atoms with Crippen molar-refractivity contribution >= 4 is 18.9 Å². The molecule has 2 N–H and O–H groups in total. The van der Waals surface area contributed by atoms with E-state index in [1.54, 1.807) is 12.1 Å². The van der Waals surface area contributed by atoms with E-state index in [4.69, 9.17) is 4.74 Å². The van der Waals surface area contributed by atoms with Crippen LogP contribution in [0.15, 0.2) is 54.6 Å². The fourth-order valence-electron chi connectivity index (χ4n) is 4.00. The average Bonchev–Trinajstić information content (AvgIpc) is 2.72. The van der Waals surface area contributed by atoms with E-state index < -0.39 is 13.0 Å². The Labute approximate surface area is 173 Å². The second-order valence-electron chi connectivity index (χ2n) is 7.88. The highest BCUT2D eigenvalue weighted by Crippen LogP contribution is 2.44. The van der Waals surface area contributed by atoms with Gasteiger partial charge in [0.15, 0.2) is 0 Å². The second-order valence-corrected chi connectivity index (χ2v) is 9.49. The van der Waals surface area contributed by atoms with Crippen LogP contribution >= 0.6 is 7.60 Å². The average molecular weight is 418 g/mol. The van der Waals surface area contributed by atoms with Crippen LogP contribution in [-0.2, 0) is 19.5 Å². The Kier molecular flexibility index (Phi) is 7.81. The predicted octanol–water partition coefficient (Wildman–Crippen LogP) is 4.41. The van der Waals surface area contributed by atoms with Gasteiger partial charge in [-0.15, -0.1) is 0 Å². The summed E-state index contributed by atoms with van der Waals surface area (Å²) in [7, 11) is -2.92. The monoisotopic (exact) mass is 418 g/mol. The minimum absolute atomic E-state index is 0.00670. The van der Waals surface area contributed by atoms with Crippen LogP contribution in [0.4, 0.5) is 0 Å². The number of hydrogen-bond acceptors (Lipinski definition) is 3. The van der Waals surface area contributed by atoms with Gasteiger partial charge in [-0.3, -0.25) is 9.36 Å². The lowest BCUT2D eigenvalue weighted by atomic mass is 9.64. The highest BCUT2D eigenvalue weighted by molar-refractivity contribution is 7.60. The normalized spacial score (nSPS) is 15.9.